The lowest BCUT2D eigenvalue weighted by molar-refractivity contribution is -0.137. The molecule has 1 fully saturated rings. The Hall–Kier alpha value is -4.14. The molecule has 15 heteroatoms. The average molecular weight is 626 g/mol. The van der Waals surface area contributed by atoms with Crippen molar-refractivity contribution in [3.8, 4) is 0 Å². The van der Waals surface area contributed by atoms with Gasteiger partial charge in [0, 0.05) is 29.9 Å². The zero-order chi connectivity index (χ0) is 31.9. The third-order valence-corrected chi connectivity index (χ3v) is 7.77. The number of carbonyl (C=O) groups excluding carboxylic acids is 4. The van der Waals surface area contributed by atoms with Crippen LogP contribution in [0.3, 0.4) is 0 Å². The summed E-state index contributed by atoms with van der Waals surface area (Å²) in [6.07, 6.45) is -1.05. The molecule has 0 spiro atoms. The van der Waals surface area contributed by atoms with Crippen molar-refractivity contribution in [3.63, 3.8) is 0 Å². The minimum absolute atomic E-state index is 0.0702. The van der Waals surface area contributed by atoms with E-state index in [1.165, 1.54) is 24.3 Å². The number of anilines is 1. The predicted molar refractivity (Wildman–Crippen MR) is 152 cm³/mol. The molecule has 5 N–H and O–H groups in total. The van der Waals surface area contributed by atoms with Gasteiger partial charge >= 0.3 is 12.2 Å². The highest BCUT2D eigenvalue weighted by Crippen LogP contribution is 2.32. The van der Waals surface area contributed by atoms with E-state index in [4.69, 9.17) is 0 Å². The minimum atomic E-state index is -4.75. The Labute approximate surface area is 247 Å². The van der Waals surface area contributed by atoms with Gasteiger partial charge in [-0.3, -0.25) is 14.4 Å². The van der Waals surface area contributed by atoms with Crippen molar-refractivity contribution in [3.05, 3.63) is 59.2 Å². The number of alkyl halides is 3. The predicted octanol–water partition coefficient (Wildman–Crippen LogP) is 3.23. The Bertz CT molecular complexity index is 1460. The first-order chi connectivity index (χ1) is 20.0. The number of halogens is 3. The van der Waals surface area contributed by atoms with Crippen LogP contribution >= 0.6 is 0 Å². The fourth-order valence-electron chi connectivity index (χ4n) is 4.53. The van der Waals surface area contributed by atoms with E-state index in [0.29, 0.717) is 18.9 Å². The SMILES string of the molecule is CC(C)NC(=O)Nc1ccc(C(F)(F)F)cc1C(=O)NCC(=O)N[C@@H]1CCCC[C@@H]1NC(=O)c1ccc(S(C)(=O)=O)cc1. The molecule has 0 aliphatic heterocycles. The molecule has 0 radical (unpaired) electrons. The zero-order valence-corrected chi connectivity index (χ0v) is 24.6. The zero-order valence-electron chi connectivity index (χ0n) is 23.8. The number of urea groups is 1. The van der Waals surface area contributed by atoms with Crippen LogP contribution < -0.4 is 26.6 Å². The van der Waals surface area contributed by atoms with Crippen LogP contribution in [-0.4, -0.2) is 63.1 Å². The monoisotopic (exact) mass is 625 g/mol. The molecule has 0 bridgehead atoms. The largest absolute Gasteiger partial charge is 0.416 e. The molecule has 234 valence electrons. The third-order valence-electron chi connectivity index (χ3n) is 6.64. The smallest absolute Gasteiger partial charge is 0.350 e. The fourth-order valence-corrected chi connectivity index (χ4v) is 5.16. The van der Waals surface area contributed by atoms with Crippen molar-refractivity contribution in [2.24, 2.45) is 0 Å². The van der Waals surface area contributed by atoms with Gasteiger partial charge < -0.3 is 26.6 Å². The molecule has 3 rings (SSSR count). The van der Waals surface area contributed by atoms with Gasteiger partial charge in [0.05, 0.1) is 28.3 Å². The van der Waals surface area contributed by atoms with Crippen LogP contribution in [0.15, 0.2) is 47.4 Å². The summed E-state index contributed by atoms with van der Waals surface area (Å²) < 4.78 is 63.3. The van der Waals surface area contributed by atoms with Gasteiger partial charge in [-0.2, -0.15) is 13.2 Å². The summed E-state index contributed by atoms with van der Waals surface area (Å²) in [5, 5.41) is 12.8. The second-order valence-electron chi connectivity index (χ2n) is 10.5. The molecule has 1 aliphatic rings. The molecule has 0 heterocycles. The molecular weight excluding hydrogens is 591 g/mol. The van der Waals surface area contributed by atoms with E-state index in [0.717, 1.165) is 31.2 Å². The summed E-state index contributed by atoms with van der Waals surface area (Å²) >= 11 is 0. The molecule has 1 saturated carbocycles. The van der Waals surface area contributed by atoms with Gasteiger partial charge in [-0.05, 0) is 69.2 Å². The van der Waals surface area contributed by atoms with Crippen LogP contribution in [0.4, 0.5) is 23.7 Å². The molecule has 0 aromatic heterocycles. The van der Waals surface area contributed by atoms with Gasteiger partial charge in [-0.25, -0.2) is 13.2 Å². The summed E-state index contributed by atoms with van der Waals surface area (Å²) in [4.78, 5) is 50.6. The van der Waals surface area contributed by atoms with Crippen molar-refractivity contribution >= 4 is 39.3 Å². The van der Waals surface area contributed by atoms with E-state index in [1.807, 2.05) is 0 Å². The molecule has 0 saturated heterocycles. The van der Waals surface area contributed by atoms with Crippen LogP contribution in [0.1, 0.15) is 65.8 Å². The van der Waals surface area contributed by atoms with Gasteiger partial charge in [-0.1, -0.05) is 12.8 Å². The van der Waals surface area contributed by atoms with Crippen LogP contribution in [0.5, 0.6) is 0 Å². The number of carbonyl (C=O) groups is 4. The van der Waals surface area contributed by atoms with Crippen LogP contribution in [-0.2, 0) is 20.8 Å². The maximum Gasteiger partial charge on any atom is 0.416 e. The lowest BCUT2D eigenvalue weighted by Crippen LogP contribution is -2.54. The van der Waals surface area contributed by atoms with Crippen molar-refractivity contribution in [2.75, 3.05) is 18.1 Å². The summed E-state index contributed by atoms with van der Waals surface area (Å²) in [6.45, 7) is 2.79. The second kappa shape index (κ2) is 13.9. The van der Waals surface area contributed by atoms with Crippen molar-refractivity contribution < 1.29 is 40.8 Å². The Morgan fingerprint density at radius 2 is 1.51 bits per heavy atom. The molecule has 2 atom stereocenters. The average Bonchev–Trinajstić information content (AvgIpc) is 2.91. The first kappa shape index (κ1) is 33.4. The Morgan fingerprint density at radius 3 is 2.07 bits per heavy atom. The normalized spacial score (nSPS) is 17.1. The maximum absolute atomic E-state index is 13.3. The maximum atomic E-state index is 13.3. The molecule has 5 amide bonds. The number of benzene rings is 2. The number of hydrogen-bond acceptors (Lipinski definition) is 6. The van der Waals surface area contributed by atoms with Crippen molar-refractivity contribution in [1.82, 2.24) is 21.3 Å². The van der Waals surface area contributed by atoms with E-state index in [2.05, 4.69) is 26.6 Å². The molecule has 2 aromatic rings. The lowest BCUT2D eigenvalue weighted by atomic mass is 9.90. The number of rotatable bonds is 9. The number of hydrogen-bond donors (Lipinski definition) is 5. The number of sulfone groups is 1. The van der Waals surface area contributed by atoms with Gasteiger partial charge in [0.2, 0.25) is 5.91 Å². The number of nitrogens with one attached hydrogen (secondary N) is 5. The molecule has 1 aliphatic carbocycles. The van der Waals surface area contributed by atoms with E-state index in [1.54, 1.807) is 13.8 Å². The highest BCUT2D eigenvalue weighted by Gasteiger charge is 2.32. The minimum Gasteiger partial charge on any atom is -0.350 e. The first-order valence-corrected chi connectivity index (χ1v) is 15.4. The molecule has 2 aromatic carbocycles. The first-order valence-electron chi connectivity index (χ1n) is 13.5. The Balaban J connectivity index is 1.65. The van der Waals surface area contributed by atoms with E-state index in [9.17, 15) is 40.8 Å². The molecule has 43 heavy (non-hydrogen) atoms. The third kappa shape index (κ3) is 9.70. The Kier molecular flexibility index (Phi) is 10.8. The van der Waals surface area contributed by atoms with E-state index in [-0.39, 0.29) is 22.2 Å². The van der Waals surface area contributed by atoms with Crippen molar-refractivity contribution in [1.29, 1.82) is 0 Å². The van der Waals surface area contributed by atoms with E-state index >= 15 is 0 Å². The van der Waals surface area contributed by atoms with E-state index < -0.39 is 69.5 Å². The standard InChI is InChI=1S/C28H34F3N5O6S/c1-16(2)33-27(40)36-21-13-10-18(28(29,30)31)14-20(21)26(39)32-15-24(37)34-22-6-4-5-7-23(22)35-25(38)17-8-11-19(12-9-17)43(3,41)42/h8-14,16,22-23H,4-7,15H2,1-3H3,(H,32,39)(H,34,37)(H,35,38)(H2,33,36,40)/t22-,23+/m1/s1. The van der Waals surface area contributed by atoms with Crippen LogP contribution in [0.25, 0.3) is 0 Å². The van der Waals surface area contributed by atoms with Crippen molar-refractivity contribution in [2.45, 2.75) is 68.7 Å². The topological polar surface area (TPSA) is 163 Å². The van der Waals surface area contributed by atoms with Gasteiger partial charge in [-0.15, -0.1) is 0 Å². The highest BCUT2D eigenvalue weighted by atomic mass is 32.2. The van der Waals surface area contributed by atoms with Crippen LogP contribution in [0, 0.1) is 0 Å². The quantitative estimate of drug-likeness (QED) is 0.287. The molecule has 0 unspecified atom stereocenters. The molecule has 11 nitrogen and oxygen atoms in total. The van der Waals surface area contributed by atoms with Crippen LogP contribution in [0.2, 0.25) is 0 Å². The fraction of sp³-hybridized carbons (Fsp3) is 0.429. The highest BCUT2D eigenvalue weighted by molar-refractivity contribution is 7.90. The summed E-state index contributed by atoms with van der Waals surface area (Å²) in [5.74, 6) is -2.09. The summed E-state index contributed by atoms with van der Waals surface area (Å²) in [5.41, 5.74) is -1.53. The summed E-state index contributed by atoms with van der Waals surface area (Å²) in [7, 11) is -3.43. The second-order valence-corrected chi connectivity index (χ2v) is 12.5. The van der Waals surface area contributed by atoms with Gasteiger partial charge in [0.25, 0.3) is 11.8 Å². The van der Waals surface area contributed by atoms with Gasteiger partial charge in [0.15, 0.2) is 9.84 Å². The summed E-state index contributed by atoms with van der Waals surface area (Å²) in [6, 6.07) is 5.78. The number of amides is 5. The van der Waals surface area contributed by atoms with Gasteiger partial charge in [0.1, 0.15) is 0 Å². The lowest BCUT2D eigenvalue weighted by Gasteiger charge is -2.33. The molecular formula is C28H34F3N5O6S. The Morgan fingerprint density at radius 1 is 0.907 bits per heavy atom.